The third-order valence-electron chi connectivity index (χ3n) is 2.55. The van der Waals surface area contributed by atoms with Gasteiger partial charge in [0.05, 0.1) is 11.5 Å². The van der Waals surface area contributed by atoms with E-state index in [1.54, 1.807) is 31.2 Å². The summed E-state index contributed by atoms with van der Waals surface area (Å²) in [7, 11) is 0. The zero-order valence-corrected chi connectivity index (χ0v) is 14.8. The summed E-state index contributed by atoms with van der Waals surface area (Å²) in [6, 6.07) is 5.29. The molecular weight excluding hydrogens is 390 g/mol. The first-order valence-electron chi connectivity index (χ1n) is 6.32. The molecule has 1 heterocycles. The highest BCUT2D eigenvalue weighted by molar-refractivity contribution is 9.10. The number of hydrogen-bond donors (Lipinski definition) is 1. The van der Waals surface area contributed by atoms with Crippen LogP contribution in [0.25, 0.3) is 6.08 Å². The standard InChI is InChI=1S/C14H12BrNO4S2/c1-2-19-12(17)7-20-10-4-3-9(15)5-8(10)6-11-13(18)16-14(21)22-11/h3-6H,2,7H2,1H3,(H,16,18,21)/b11-6+. The molecule has 1 aliphatic rings. The normalized spacial score (nSPS) is 15.8. The van der Waals surface area contributed by atoms with Gasteiger partial charge in [0, 0.05) is 10.0 Å². The topological polar surface area (TPSA) is 64.6 Å². The number of carbonyl (C=O) groups excluding carboxylic acids is 2. The van der Waals surface area contributed by atoms with Gasteiger partial charge in [0.15, 0.2) is 6.61 Å². The van der Waals surface area contributed by atoms with E-state index in [0.29, 0.717) is 27.1 Å². The first-order valence-corrected chi connectivity index (χ1v) is 8.34. The summed E-state index contributed by atoms with van der Waals surface area (Å²) in [5.41, 5.74) is 0.668. The van der Waals surface area contributed by atoms with E-state index in [9.17, 15) is 9.59 Å². The Morgan fingerprint density at radius 1 is 1.50 bits per heavy atom. The largest absolute Gasteiger partial charge is 0.481 e. The molecular formula is C14H12BrNO4S2. The molecule has 22 heavy (non-hydrogen) atoms. The Morgan fingerprint density at radius 2 is 2.27 bits per heavy atom. The minimum Gasteiger partial charge on any atom is -0.481 e. The van der Waals surface area contributed by atoms with Crippen molar-refractivity contribution in [1.29, 1.82) is 0 Å². The van der Waals surface area contributed by atoms with Gasteiger partial charge in [0.25, 0.3) is 5.91 Å². The van der Waals surface area contributed by atoms with Crippen molar-refractivity contribution in [2.45, 2.75) is 6.92 Å². The molecule has 1 saturated heterocycles. The Bertz CT molecular complexity index is 660. The van der Waals surface area contributed by atoms with Crippen LogP contribution in [0.5, 0.6) is 5.75 Å². The molecule has 1 aromatic carbocycles. The van der Waals surface area contributed by atoms with Crippen molar-refractivity contribution in [1.82, 2.24) is 5.32 Å². The Morgan fingerprint density at radius 3 is 2.91 bits per heavy atom. The minimum absolute atomic E-state index is 0.191. The van der Waals surface area contributed by atoms with Crippen molar-refractivity contribution >= 4 is 62.2 Å². The molecule has 1 aliphatic heterocycles. The highest BCUT2D eigenvalue weighted by atomic mass is 79.9. The maximum atomic E-state index is 11.7. The second kappa shape index (κ2) is 7.75. The summed E-state index contributed by atoms with van der Waals surface area (Å²) in [6.07, 6.45) is 1.67. The van der Waals surface area contributed by atoms with Gasteiger partial charge >= 0.3 is 5.97 Å². The average molecular weight is 402 g/mol. The van der Waals surface area contributed by atoms with Gasteiger partial charge < -0.3 is 14.8 Å². The Kier molecular flexibility index (Phi) is 5.98. The molecule has 0 bridgehead atoms. The number of hydrogen-bond acceptors (Lipinski definition) is 6. The van der Waals surface area contributed by atoms with Crippen LogP contribution in [-0.4, -0.2) is 29.4 Å². The molecule has 1 amide bonds. The fraction of sp³-hybridized carbons (Fsp3) is 0.214. The van der Waals surface area contributed by atoms with Crippen LogP contribution in [0.15, 0.2) is 27.6 Å². The van der Waals surface area contributed by atoms with Crippen molar-refractivity contribution in [2.24, 2.45) is 0 Å². The third-order valence-corrected chi connectivity index (χ3v) is 4.21. The predicted octanol–water partition coefficient (Wildman–Crippen LogP) is 2.88. The number of esters is 1. The number of carbonyl (C=O) groups is 2. The summed E-state index contributed by atoms with van der Waals surface area (Å²) in [5, 5.41) is 2.55. The number of thioether (sulfide) groups is 1. The van der Waals surface area contributed by atoms with Crippen molar-refractivity contribution < 1.29 is 19.1 Å². The maximum Gasteiger partial charge on any atom is 0.344 e. The summed E-state index contributed by atoms with van der Waals surface area (Å²) in [5.74, 6) is -0.209. The summed E-state index contributed by atoms with van der Waals surface area (Å²) >= 11 is 9.50. The first kappa shape index (κ1) is 17.0. The zero-order valence-electron chi connectivity index (χ0n) is 11.6. The van der Waals surface area contributed by atoms with Crippen LogP contribution >= 0.6 is 39.9 Å². The Hall–Kier alpha value is -1.38. The van der Waals surface area contributed by atoms with Crippen LogP contribution in [0.1, 0.15) is 12.5 Å². The van der Waals surface area contributed by atoms with Crippen LogP contribution in [0.4, 0.5) is 0 Å². The van der Waals surface area contributed by atoms with Crippen LogP contribution in [0.2, 0.25) is 0 Å². The molecule has 2 rings (SSSR count). The number of ether oxygens (including phenoxy) is 2. The highest BCUT2D eigenvalue weighted by Gasteiger charge is 2.22. The number of thiocarbonyl (C=S) groups is 1. The quantitative estimate of drug-likeness (QED) is 0.464. The van der Waals surface area contributed by atoms with E-state index < -0.39 is 5.97 Å². The molecule has 1 fully saturated rings. The molecule has 0 atom stereocenters. The number of nitrogens with one attached hydrogen (secondary N) is 1. The van der Waals surface area contributed by atoms with Crippen molar-refractivity contribution in [3.05, 3.63) is 33.1 Å². The van der Waals surface area contributed by atoms with E-state index in [2.05, 4.69) is 21.2 Å². The molecule has 0 aromatic heterocycles. The molecule has 0 saturated carbocycles. The fourth-order valence-corrected chi connectivity index (χ4v) is 3.08. The van der Waals surface area contributed by atoms with Crippen LogP contribution < -0.4 is 10.1 Å². The molecule has 0 aliphatic carbocycles. The Balaban J connectivity index is 2.21. The van der Waals surface area contributed by atoms with E-state index in [-0.39, 0.29) is 12.5 Å². The van der Waals surface area contributed by atoms with Gasteiger partial charge in [-0.15, -0.1) is 0 Å². The van der Waals surface area contributed by atoms with E-state index in [1.165, 1.54) is 11.8 Å². The molecule has 1 aromatic rings. The van der Waals surface area contributed by atoms with Crippen molar-refractivity contribution in [3.63, 3.8) is 0 Å². The van der Waals surface area contributed by atoms with E-state index in [4.69, 9.17) is 21.7 Å². The highest BCUT2D eigenvalue weighted by Crippen LogP contribution is 2.31. The van der Waals surface area contributed by atoms with E-state index in [0.717, 1.165) is 4.47 Å². The lowest BCUT2D eigenvalue weighted by Gasteiger charge is -2.09. The van der Waals surface area contributed by atoms with Gasteiger partial charge in [-0.2, -0.15) is 0 Å². The van der Waals surface area contributed by atoms with Crippen molar-refractivity contribution in [2.75, 3.05) is 13.2 Å². The third kappa shape index (κ3) is 4.56. The van der Waals surface area contributed by atoms with E-state index in [1.807, 2.05) is 0 Å². The van der Waals surface area contributed by atoms with Gasteiger partial charge in [0.1, 0.15) is 10.1 Å². The average Bonchev–Trinajstić information content (AvgIpc) is 2.76. The lowest BCUT2D eigenvalue weighted by Crippen LogP contribution is -2.17. The van der Waals surface area contributed by atoms with Crippen LogP contribution in [-0.2, 0) is 14.3 Å². The van der Waals surface area contributed by atoms with Gasteiger partial charge in [0.2, 0.25) is 0 Å². The lowest BCUT2D eigenvalue weighted by atomic mass is 10.2. The molecule has 0 spiro atoms. The number of benzene rings is 1. The summed E-state index contributed by atoms with van der Waals surface area (Å²) in [4.78, 5) is 23.6. The second-order valence-electron chi connectivity index (χ2n) is 4.13. The second-order valence-corrected chi connectivity index (χ2v) is 6.76. The van der Waals surface area contributed by atoms with Crippen LogP contribution in [0, 0.1) is 0 Å². The van der Waals surface area contributed by atoms with Gasteiger partial charge in [-0.05, 0) is 31.2 Å². The van der Waals surface area contributed by atoms with Gasteiger partial charge in [-0.1, -0.05) is 39.9 Å². The monoisotopic (exact) mass is 401 g/mol. The van der Waals surface area contributed by atoms with Gasteiger partial charge in [-0.3, -0.25) is 4.79 Å². The number of halogens is 1. The van der Waals surface area contributed by atoms with Gasteiger partial charge in [-0.25, -0.2) is 4.79 Å². The van der Waals surface area contributed by atoms with Crippen LogP contribution in [0.3, 0.4) is 0 Å². The minimum atomic E-state index is -0.446. The summed E-state index contributed by atoms with van der Waals surface area (Å²) in [6.45, 7) is 1.84. The number of rotatable bonds is 5. The van der Waals surface area contributed by atoms with E-state index >= 15 is 0 Å². The zero-order chi connectivity index (χ0) is 16.1. The number of amides is 1. The molecule has 116 valence electrons. The maximum absolute atomic E-state index is 11.7. The molecule has 0 radical (unpaired) electrons. The van der Waals surface area contributed by atoms with Crippen molar-refractivity contribution in [3.8, 4) is 5.75 Å². The predicted molar refractivity (Wildman–Crippen MR) is 92.6 cm³/mol. The smallest absolute Gasteiger partial charge is 0.344 e. The summed E-state index contributed by atoms with van der Waals surface area (Å²) < 4.78 is 11.5. The lowest BCUT2D eigenvalue weighted by molar-refractivity contribution is -0.145. The first-order chi connectivity index (χ1) is 10.5. The molecule has 0 unspecified atom stereocenters. The SMILES string of the molecule is CCOC(=O)COc1ccc(Br)cc1/C=C1/SC(=S)NC1=O. The fourth-order valence-electron chi connectivity index (χ4n) is 1.67. The molecule has 8 heteroatoms. The molecule has 5 nitrogen and oxygen atoms in total. The Labute approximate surface area is 145 Å². The molecule has 1 N–H and O–H groups in total.